The summed E-state index contributed by atoms with van der Waals surface area (Å²) in [5.41, 5.74) is 2.48. The van der Waals surface area contributed by atoms with E-state index in [2.05, 4.69) is 21.5 Å². The van der Waals surface area contributed by atoms with Crippen molar-refractivity contribution < 1.29 is 4.79 Å². The average molecular weight is 303 g/mol. The van der Waals surface area contributed by atoms with Crippen LogP contribution in [-0.4, -0.2) is 33.4 Å². The van der Waals surface area contributed by atoms with Crippen molar-refractivity contribution in [2.45, 2.75) is 36.9 Å². The molecule has 2 N–H and O–H groups in total. The Balaban J connectivity index is 1.67. The summed E-state index contributed by atoms with van der Waals surface area (Å²) in [4.78, 5) is 19.6. The van der Waals surface area contributed by atoms with Gasteiger partial charge in [-0.05, 0) is 37.3 Å². The number of nitrogens with zero attached hydrogens (tertiary/aromatic N) is 1. The van der Waals surface area contributed by atoms with Crippen LogP contribution in [0.3, 0.4) is 0 Å². The number of thioether (sulfide) groups is 1. The minimum Gasteiger partial charge on any atom is -0.351 e. The van der Waals surface area contributed by atoms with E-state index in [1.54, 1.807) is 6.33 Å². The third-order valence-corrected chi connectivity index (χ3v) is 5.87. The van der Waals surface area contributed by atoms with Gasteiger partial charge in [0.25, 0.3) is 5.91 Å². The van der Waals surface area contributed by atoms with Gasteiger partial charge in [0.1, 0.15) is 0 Å². The number of benzene rings is 1. The van der Waals surface area contributed by atoms with Crippen molar-refractivity contribution in [3.05, 3.63) is 30.1 Å². The number of carbonyl (C=O) groups is 1. The average Bonchev–Trinajstić information content (AvgIpc) is 3.01. The SMILES string of the molecule is CSC1(CNC(=O)c2ccc3nc[nH]c3c2)CCCCC1. The van der Waals surface area contributed by atoms with Crippen molar-refractivity contribution in [1.29, 1.82) is 0 Å². The first kappa shape index (κ1) is 14.4. The Morgan fingerprint density at radius 3 is 2.95 bits per heavy atom. The summed E-state index contributed by atoms with van der Waals surface area (Å²) in [5, 5.41) is 3.12. The lowest BCUT2D eigenvalue weighted by Crippen LogP contribution is -2.41. The quantitative estimate of drug-likeness (QED) is 0.910. The molecule has 4 nitrogen and oxygen atoms in total. The first-order chi connectivity index (χ1) is 10.2. The molecule has 0 saturated heterocycles. The molecule has 2 aromatic rings. The first-order valence-corrected chi connectivity index (χ1v) is 8.71. The molecule has 0 atom stereocenters. The highest BCUT2D eigenvalue weighted by atomic mass is 32.2. The van der Waals surface area contributed by atoms with Crippen LogP contribution < -0.4 is 5.32 Å². The zero-order chi connectivity index (χ0) is 14.7. The highest BCUT2D eigenvalue weighted by molar-refractivity contribution is 8.00. The van der Waals surface area contributed by atoms with Crippen LogP contribution in [0.1, 0.15) is 42.5 Å². The number of rotatable bonds is 4. The second-order valence-corrected chi connectivity index (χ2v) is 7.04. The van der Waals surface area contributed by atoms with Gasteiger partial charge < -0.3 is 10.3 Å². The third-order valence-electron chi connectivity index (χ3n) is 4.45. The van der Waals surface area contributed by atoms with Gasteiger partial charge in [-0.15, -0.1) is 0 Å². The Bertz CT molecular complexity index is 631. The highest BCUT2D eigenvalue weighted by Crippen LogP contribution is 2.37. The lowest BCUT2D eigenvalue weighted by atomic mass is 9.88. The maximum absolute atomic E-state index is 12.4. The number of fused-ring (bicyclic) bond motifs is 1. The minimum absolute atomic E-state index is 0.00509. The lowest BCUT2D eigenvalue weighted by molar-refractivity contribution is 0.0947. The van der Waals surface area contributed by atoms with Crippen molar-refractivity contribution in [1.82, 2.24) is 15.3 Å². The summed E-state index contributed by atoms with van der Waals surface area (Å²) in [7, 11) is 0. The van der Waals surface area contributed by atoms with E-state index in [0.717, 1.165) is 17.6 Å². The van der Waals surface area contributed by atoms with E-state index in [9.17, 15) is 4.79 Å². The summed E-state index contributed by atoms with van der Waals surface area (Å²) < 4.78 is 0.228. The van der Waals surface area contributed by atoms with E-state index in [1.165, 1.54) is 32.1 Å². The summed E-state index contributed by atoms with van der Waals surface area (Å²) in [6.45, 7) is 0.758. The molecule has 1 aromatic carbocycles. The number of aromatic amines is 1. The fraction of sp³-hybridized carbons (Fsp3) is 0.500. The van der Waals surface area contributed by atoms with Crippen molar-refractivity contribution in [2.75, 3.05) is 12.8 Å². The topological polar surface area (TPSA) is 57.8 Å². The Kier molecular flexibility index (Phi) is 4.19. The summed E-state index contributed by atoms with van der Waals surface area (Å²) >= 11 is 1.90. The number of hydrogen-bond acceptors (Lipinski definition) is 3. The number of nitrogens with one attached hydrogen (secondary N) is 2. The molecule has 0 radical (unpaired) electrons. The Morgan fingerprint density at radius 2 is 2.19 bits per heavy atom. The van der Waals surface area contributed by atoms with E-state index in [1.807, 2.05) is 30.0 Å². The number of amides is 1. The molecule has 0 bridgehead atoms. The van der Waals surface area contributed by atoms with Gasteiger partial charge in [-0.1, -0.05) is 19.3 Å². The zero-order valence-corrected chi connectivity index (χ0v) is 13.1. The number of hydrogen-bond donors (Lipinski definition) is 2. The Morgan fingerprint density at radius 1 is 1.38 bits per heavy atom. The Labute approximate surface area is 129 Å². The van der Waals surface area contributed by atoms with E-state index in [-0.39, 0.29) is 10.7 Å². The number of aromatic nitrogens is 2. The van der Waals surface area contributed by atoms with Crippen LogP contribution in [0.5, 0.6) is 0 Å². The van der Waals surface area contributed by atoms with Gasteiger partial charge in [-0.2, -0.15) is 11.8 Å². The summed E-state index contributed by atoms with van der Waals surface area (Å²) in [5.74, 6) is 0.00509. The van der Waals surface area contributed by atoms with Crippen LogP contribution in [0.15, 0.2) is 24.5 Å². The van der Waals surface area contributed by atoms with Gasteiger partial charge in [-0.25, -0.2) is 4.98 Å². The van der Waals surface area contributed by atoms with E-state index in [4.69, 9.17) is 0 Å². The molecule has 3 rings (SSSR count). The molecule has 112 valence electrons. The maximum atomic E-state index is 12.4. The van der Waals surface area contributed by atoms with Crippen LogP contribution in [0.4, 0.5) is 0 Å². The summed E-state index contributed by atoms with van der Waals surface area (Å²) in [6, 6.07) is 5.58. The second kappa shape index (κ2) is 6.10. The van der Waals surface area contributed by atoms with Gasteiger partial charge >= 0.3 is 0 Å². The molecule has 1 saturated carbocycles. The van der Waals surface area contributed by atoms with Crippen LogP contribution in [0, 0.1) is 0 Å². The molecular formula is C16H21N3OS. The highest BCUT2D eigenvalue weighted by Gasteiger charge is 2.31. The van der Waals surface area contributed by atoms with E-state index in [0.29, 0.717) is 5.56 Å². The molecule has 1 aromatic heterocycles. The Hall–Kier alpha value is -1.49. The molecule has 1 aliphatic carbocycles. The molecule has 1 heterocycles. The summed E-state index contributed by atoms with van der Waals surface area (Å²) in [6.07, 6.45) is 10.1. The fourth-order valence-corrected chi connectivity index (χ4v) is 3.98. The zero-order valence-electron chi connectivity index (χ0n) is 12.3. The van der Waals surface area contributed by atoms with Crippen molar-refractivity contribution in [2.24, 2.45) is 0 Å². The number of H-pyrrole nitrogens is 1. The predicted octanol–water partition coefficient (Wildman–Crippen LogP) is 3.36. The third kappa shape index (κ3) is 3.07. The second-order valence-electron chi connectivity index (χ2n) is 5.76. The van der Waals surface area contributed by atoms with Crippen LogP contribution in [0.2, 0.25) is 0 Å². The molecule has 0 spiro atoms. The molecule has 5 heteroatoms. The standard InChI is InChI=1S/C16H21N3OS/c1-21-16(7-3-2-4-8-16)10-17-15(20)12-5-6-13-14(9-12)19-11-18-13/h5-6,9,11H,2-4,7-8,10H2,1H3,(H,17,20)(H,18,19). The minimum atomic E-state index is 0.00509. The molecule has 1 fully saturated rings. The largest absolute Gasteiger partial charge is 0.351 e. The fourth-order valence-electron chi connectivity index (χ4n) is 3.07. The van der Waals surface area contributed by atoms with Gasteiger partial charge in [-0.3, -0.25) is 4.79 Å². The van der Waals surface area contributed by atoms with Gasteiger partial charge in [0.15, 0.2) is 0 Å². The predicted molar refractivity (Wildman–Crippen MR) is 87.8 cm³/mol. The van der Waals surface area contributed by atoms with E-state index >= 15 is 0 Å². The first-order valence-electron chi connectivity index (χ1n) is 7.49. The molecule has 1 amide bonds. The van der Waals surface area contributed by atoms with Gasteiger partial charge in [0.05, 0.1) is 17.4 Å². The number of imidazole rings is 1. The van der Waals surface area contributed by atoms with Crippen molar-refractivity contribution in [3.8, 4) is 0 Å². The van der Waals surface area contributed by atoms with Gasteiger partial charge in [0, 0.05) is 16.9 Å². The number of carbonyl (C=O) groups excluding carboxylic acids is 1. The molecule has 0 aliphatic heterocycles. The molecule has 21 heavy (non-hydrogen) atoms. The van der Waals surface area contributed by atoms with Crippen LogP contribution >= 0.6 is 11.8 Å². The molecule has 1 aliphatic rings. The van der Waals surface area contributed by atoms with Gasteiger partial charge in [0.2, 0.25) is 0 Å². The van der Waals surface area contributed by atoms with Crippen molar-refractivity contribution in [3.63, 3.8) is 0 Å². The van der Waals surface area contributed by atoms with E-state index < -0.39 is 0 Å². The maximum Gasteiger partial charge on any atom is 0.251 e. The normalized spacial score (nSPS) is 17.8. The lowest BCUT2D eigenvalue weighted by Gasteiger charge is -2.35. The molecule has 0 unspecified atom stereocenters. The van der Waals surface area contributed by atoms with Crippen LogP contribution in [0.25, 0.3) is 11.0 Å². The monoisotopic (exact) mass is 303 g/mol. The van der Waals surface area contributed by atoms with Crippen LogP contribution in [-0.2, 0) is 0 Å². The van der Waals surface area contributed by atoms with Crippen molar-refractivity contribution >= 4 is 28.7 Å². The smallest absolute Gasteiger partial charge is 0.251 e. The molecular weight excluding hydrogens is 282 g/mol.